The van der Waals surface area contributed by atoms with Crippen LogP contribution in [0.4, 0.5) is 0 Å². The van der Waals surface area contributed by atoms with Gasteiger partial charge in [-0.25, -0.2) is 0 Å². The van der Waals surface area contributed by atoms with Crippen LogP contribution in [0.1, 0.15) is 38.4 Å². The van der Waals surface area contributed by atoms with E-state index in [0.717, 1.165) is 36.5 Å². The molecule has 1 aliphatic heterocycles. The molecule has 17 heavy (non-hydrogen) atoms. The van der Waals surface area contributed by atoms with Crippen molar-refractivity contribution in [3.63, 3.8) is 0 Å². The first kappa shape index (κ1) is 12.9. The fourth-order valence-electron chi connectivity index (χ4n) is 2.46. The molecule has 0 amide bonds. The van der Waals surface area contributed by atoms with Crippen molar-refractivity contribution in [3.8, 4) is 0 Å². The van der Waals surface area contributed by atoms with E-state index in [-0.39, 0.29) is 11.7 Å². The lowest BCUT2D eigenvalue weighted by Crippen LogP contribution is -2.48. The Morgan fingerprint density at radius 1 is 1.53 bits per heavy atom. The largest absolute Gasteiger partial charge is 0.365 e. The van der Waals surface area contributed by atoms with Gasteiger partial charge in [0.25, 0.3) is 0 Å². The van der Waals surface area contributed by atoms with E-state index < -0.39 is 0 Å². The molecule has 1 aliphatic rings. The summed E-state index contributed by atoms with van der Waals surface area (Å²) in [4.78, 5) is 0. The number of morpholine rings is 1. The zero-order valence-electron chi connectivity index (χ0n) is 10.5. The normalized spacial score (nSPS) is 29.2. The van der Waals surface area contributed by atoms with Gasteiger partial charge in [-0.05, 0) is 31.0 Å². The van der Waals surface area contributed by atoms with Crippen LogP contribution in [-0.4, -0.2) is 18.7 Å². The molecule has 2 atom stereocenters. The minimum atomic E-state index is -0.0556. The van der Waals surface area contributed by atoms with Gasteiger partial charge in [0.05, 0.1) is 11.7 Å². The first-order valence-corrected chi connectivity index (χ1v) is 6.65. The summed E-state index contributed by atoms with van der Waals surface area (Å²) in [5, 5.41) is 4.23. The number of hydrogen-bond acceptors (Lipinski definition) is 2. The van der Waals surface area contributed by atoms with Gasteiger partial charge in [-0.1, -0.05) is 37.1 Å². The zero-order valence-corrected chi connectivity index (χ0v) is 11.3. The number of nitrogens with one attached hydrogen (secondary N) is 1. The molecule has 1 fully saturated rings. The smallest absolute Gasteiger partial charge is 0.0957 e. The second-order valence-corrected chi connectivity index (χ2v) is 5.43. The van der Waals surface area contributed by atoms with E-state index in [4.69, 9.17) is 16.3 Å². The number of ether oxygens (including phenoxy) is 1. The molecular formula is C14H20ClNO. The van der Waals surface area contributed by atoms with Crippen molar-refractivity contribution in [1.82, 2.24) is 5.32 Å². The molecular weight excluding hydrogens is 234 g/mol. The van der Waals surface area contributed by atoms with Crippen LogP contribution in [0.3, 0.4) is 0 Å². The maximum atomic E-state index is 6.23. The zero-order chi connectivity index (χ0) is 12.3. The molecule has 1 N–H and O–H groups in total. The van der Waals surface area contributed by atoms with Gasteiger partial charge in [0.2, 0.25) is 0 Å². The lowest BCUT2D eigenvalue weighted by molar-refractivity contribution is -0.112. The van der Waals surface area contributed by atoms with Gasteiger partial charge in [0.1, 0.15) is 0 Å². The summed E-state index contributed by atoms with van der Waals surface area (Å²) in [5.74, 6) is 0. The second-order valence-electron chi connectivity index (χ2n) is 4.99. The maximum Gasteiger partial charge on any atom is 0.0957 e. The molecule has 3 heteroatoms. The van der Waals surface area contributed by atoms with Gasteiger partial charge < -0.3 is 10.1 Å². The molecule has 94 valence electrons. The van der Waals surface area contributed by atoms with Crippen molar-refractivity contribution < 1.29 is 4.74 Å². The highest BCUT2D eigenvalue weighted by Crippen LogP contribution is 2.30. The van der Waals surface area contributed by atoms with Gasteiger partial charge in [-0.3, -0.25) is 0 Å². The van der Waals surface area contributed by atoms with Gasteiger partial charge in [0, 0.05) is 18.1 Å². The molecule has 1 aromatic rings. The maximum absolute atomic E-state index is 6.23. The van der Waals surface area contributed by atoms with Crippen LogP contribution in [0.25, 0.3) is 0 Å². The van der Waals surface area contributed by atoms with Crippen molar-refractivity contribution in [2.75, 3.05) is 13.1 Å². The fourth-order valence-corrected chi connectivity index (χ4v) is 2.66. The summed E-state index contributed by atoms with van der Waals surface area (Å²) in [6, 6.07) is 7.95. The molecule has 2 nitrogen and oxygen atoms in total. The summed E-state index contributed by atoms with van der Waals surface area (Å²) < 4.78 is 6.23. The highest BCUT2D eigenvalue weighted by molar-refractivity contribution is 6.30. The predicted octanol–water partition coefficient (Wildman–Crippen LogP) is 3.56. The van der Waals surface area contributed by atoms with Crippen molar-refractivity contribution >= 4 is 11.6 Å². The van der Waals surface area contributed by atoms with Gasteiger partial charge >= 0.3 is 0 Å². The summed E-state index contributed by atoms with van der Waals surface area (Å²) in [5.41, 5.74) is 1.10. The van der Waals surface area contributed by atoms with Crippen molar-refractivity contribution in [3.05, 3.63) is 34.9 Å². The Bertz CT molecular complexity index is 378. The number of halogens is 1. The van der Waals surface area contributed by atoms with Crippen molar-refractivity contribution in [2.45, 2.75) is 38.4 Å². The van der Waals surface area contributed by atoms with Crippen LogP contribution in [-0.2, 0) is 4.74 Å². The SMILES string of the molecule is CCCC1(C)CNCC(c2cccc(Cl)c2)O1. The topological polar surface area (TPSA) is 21.3 Å². The van der Waals surface area contributed by atoms with E-state index >= 15 is 0 Å². The van der Waals surface area contributed by atoms with Crippen LogP contribution in [0.5, 0.6) is 0 Å². The Labute approximate surface area is 108 Å². The highest BCUT2D eigenvalue weighted by atomic mass is 35.5. The summed E-state index contributed by atoms with van der Waals surface area (Å²) in [6.45, 7) is 6.16. The molecule has 1 saturated heterocycles. The summed E-state index contributed by atoms with van der Waals surface area (Å²) >= 11 is 6.02. The van der Waals surface area contributed by atoms with Crippen LogP contribution in [0, 0.1) is 0 Å². The summed E-state index contributed by atoms with van der Waals surface area (Å²) in [7, 11) is 0. The lowest BCUT2D eigenvalue weighted by Gasteiger charge is -2.39. The average molecular weight is 254 g/mol. The molecule has 0 spiro atoms. The minimum absolute atomic E-state index is 0.0556. The summed E-state index contributed by atoms with van der Waals surface area (Å²) in [6.07, 6.45) is 2.33. The molecule has 1 heterocycles. The Morgan fingerprint density at radius 3 is 3.06 bits per heavy atom. The Kier molecular flexibility index (Phi) is 4.08. The molecule has 0 saturated carbocycles. The van der Waals surface area contributed by atoms with Gasteiger partial charge in [0.15, 0.2) is 0 Å². The lowest BCUT2D eigenvalue weighted by atomic mass is 9.96. The van der Waals surface area contributed by atoms with E-state index in [1.807, 2.05) is 18.2 Å². The van der Waals surface area contributed by atoms with Crippen LogP contribution in [0.15, 0.2) is 24.3 Å². The molecule has 0 bridgehead atoms. The van der Waals surface area contributed by atoms with E-state index in [0.29, 0.717) is 0 Å². The Morgan fingerprint density at radius 2 is 2.35 bits per heavy atom. The molecule has 2 rings (SSSR count). The molecule has 0 aliphatic carbocycles. The molecule has 2 unspecified atom stereocenters. The number of rotatable bonds is 3. The van der Waals surface area contributed by atoms with E-state index in [1.54, 1.807) is 0 Å². The fraction of sp³-hybridized carbons (Fsp3) is 0.571. The Hall–Kier alpha value is -0.570. The third kappa shape index (κ3) is 3.21. The third-order valence-electron chi connectivity index (χ3n) is 3.25. The van der Waals surface area contributed by atoms with Gasteiger partial charge in [-0.2, -0.15) is 0 Å². The van der Waals surface area contributed by atoms with Crippen molar-refractivity contribution in [1.29, 1.82) is 0 Å². The average Bonchev–Trinajstić information content (AvgIpc) is 2.29. The number of hydrogen-bond donors (Lipinski definition) is 1. The highest BCUT2D eigenvalue weighted by Gasteiger charge is 2.32. The number of benzene rings is 1. The van der Waals surface area contributed by atoms with Gasteiger partial charge in [-0.15, -0.1) is 0 Å². The second kappa shape index (κ2) is 5.38. The molecule has 0 radical (unpaired) electrons. The Balaban J connectivity index is 2.12. The van der Waals surface area contributed by atoms with E-state index in [1.165, 1.54) is 0 Å². The van der Waals surface area contributed by atoms with Crippen LogP contribution in [0.2, 0.25) is 5.02 Å². The quantitative estimate of drug-likeness (QED) is 0.889. The minimum Gasteiger partial charge on any atom is -0.365 e. The van der Waals surface area contributed by atoms with E-state index in [9.17, 15) is 0 Å². The molecule has 1 aromatic carbocycles. The molecule has 0 aromatic heterocycles. The third-order valence-corrected chi connectivity index (χ3v) is 3.49. The monoisotopic (exact) mass is 253 g/mol. The van der Waals surface area contributed by atoms with Crippen molar-refractivity contribution in [2.24, 2.45) is 0 Å². The first-order valence-electron chi connectivity index (χ1n) is 6.27. The van der Waals surface area contributed by atoms with Crippen LogP contribution >= 0.6 is 11.6 Å². The van der Waals surface area contributed by atoms with E-state index in [2.05, 4.69) is 25.2 Å². The predicted molar refractivity (Wildman–Crippen MR) is 71.5 cm³/mol. The first-order chi connectivity index (χ1) is 8.13. The van der Waals surface area contributed by atoms with Crippen LogP contribution < -0.4 is 5.32 Å². The standard InChI is InChI=1S/C14H20ClNO/c1-3-7-14(2)10-16-9-13(17-14)11-5-4-6-12(15)8-11/h4-6,8,13,16H,3,7,9-10H2,1-2H3.